The van der Waals surface area contributed by atoms with Crippen molar-refractivity contribution >= 4 is 0 Å². The lowest BCUT2D eigenvalue weighted by Gasteiger charge is -2.11. The van der Waals surface area contributed by atoms with Gasteiger partial charge in [-0.2, -0.15) is 5.10 Å². The zero-order valence-corrected chi connectivity index (χ0v) is 13.2. The minimum atomic E-state index is 0.104. The predicted molar refractivity (Wildman–Crippen MR) is 85.3 cm³/mol. The molecule has 2 aromatic rings. The van der Waals surface area contributed by atoms with Gasteiger partial charge in [0, 0.05) is 12.6 Å². The molecular formula is C17H25N3O. The summed E-state index contributed by atoms with van der Waals surface area (Å²) in [5.41, 5.74) is 9.39. The smallest absolute Gasteiger partial charge is 0.130 e. The average molecular weight is 287 g/mol. The molecule has 114 valence electrons. The third kappa shape index (κ3) is 3.85. The van der Waals surface area contributed by atoms with E-state index in [4.69, 9.17) is 10.5 Å². The van der Waals surface area contributed by atoms with E-state index in [1.54, 1.807) is 0 Å². The molecule has 4 nitrogen and oxygen atoms in total. The summed E-state index contributed by atoms with van der Waals surface area (Å²) in [6, 6.07) is 10.3. The van der Waals surface area contributed by atoms with E-state index < -0.39 is 0 Å². The van der Waals surface area contributed by atoms with Crippen molar-refractivity contribution in [3.63, 3.8) is 0 Å². The van der Waals surface area contributed by atoms with E-state index in [-0.39, 0.29) is 6.04 Å². The van der Waals surface area contributed by atoms with Gasteiger partial charge in [-0.05, 0) is 43.5 Å². The first kappa shape index (κ1) is 15.6. The highest BCUT2D eigenvalue weighted by atomic mass is 16.5. The minimum absolute atomic E-state index is 0.104. The summed E-state index contributed by atoms with van der Waals surface area (Å²) in [5, 5.41) is 4.53. The fraction of sp³-hybridized carbons (Fsp3) is 0.471. The van der Waals surface area contributed by atoms with Crippen molar-refractivity contribution in [3.8, 4) is 5.75 Å². The summed E-state index contributed by atoms with van der Waals surface area (Å²) in [4.78, 5) is 0. The zero-order valence-electron chi connectivity index (χ0n) is 13.2. The first-order valence-electron chi connectivity index (χ1n) is 7.71. The normalized spacial score (nSPS) is 12.4. The lowest BCUT2D eigenvalue weighted by atomic mass is 10.1. The van der Waals surface area contributed by atoms with Crippen molar-refractivity contribution < 1.29 is 4.74 Å². The summed E-state index contributed by atoms with van der Waals surface area (Å²) in [6.45, 7) is 7.70. The Bertz CT molecular complexity index is 560. The summed E-state index contributed by atoms with van der Waals surface area (Å²) < 4.78 is 7.86. The summed E-state index contributed by atoms with van der Waals surface area (Å²) in [7, 11) is 0. The summed E-state index contributed by atoms with van der Waals surface area (Å²) in [5.74, 6) is 0.865. The van der Waals surface area contributed by atoms with Crippen LogP contribution in [0.2, 0.25) is 0 Å². The van der Waals surface area contributed by atoms with Gasteiger partial charge >= 0.3 is 0 Å². The van der Waals surface area contributed by atoms with Gasteiger partial charge in [0.05, 0.1) is 11.4 Å². The molecule has 0 amide bonds. The first-order valence-corrected chi connectivity index (χ1v) is 7.71. The number of hydrogen-bond acceptors (Lipinski definition) is 3. The van der Waals surface area contributed by atoms with Crippen LogP contribution in [0.5, 0.6) is 5.75 Å². The van der Waals surface area contributed by atoms with E-state index >= 15 is 0 Å². The highest BCUT2D eigenvalue weighted by Gasteiger charge is 2.07. The molecule has 0 aliphatic carbocycles. The molecule has 0 aliphatic heterocycles. The van der Waals surface area contributed by atoms with E-state index in [1.165, 1.54) is 0 Å². The molecule has 1 heterocycles. The standard InChI is InChI=1S/C17H25N3O/c1-4-14-11-15(20(6-3)19-14)12-21-16-9-7-13(8-10-16)17(18)5-2/h7-11,17H,4-6,12,18H2,1-3H3/t17-/m0/s1. The highest BCUT2D eigenvalue weighted by Crippen LogP contribution is 2.19. The molecule has 0 radical (unpaired) electrons. The van der Waals surface area contributed by atoms with E-state index in [0.29, 0.717) is 6.61 Å². The molecular weight excluding hydrogens is 262 g/mol. The van der Waals surface area contributed by atoms with Gasteiger partial charge in [0.2, 0.25) is 0 Å². The molecule has 21 heavy (non-hydrogen) atoms. The van der Waals surface area contributed by atoms with Crippen LogP contribution in [0, 0.1) is 0 Å². The third-order valence-corrected chi connectivity index (χ3v) is 3.71. The number of hydrogen-bond donors (Lipinski definition) is 1. The Balaban J connectivity index is 2.01. The van der Waals surface area contributed by atoms with Crippen molar-refractivity contribution in [2.24, 2.45) is 5.73 Å². The Morgan fingerprint density at radius 2 is 1.90 bits per heavy atom. The quantitative estimate of drug-likeness (QED) is 0.848. The molecule has 0 aliphatic rings. The number of benzene rings is 1. The molecule has 2 N–H and O–H groups in total. The van der Waals surface area contributed by atoms with Crippen molar-refractivity contribution in [2.45, 2.75) is 52.8 Å². The average Bonchev–Trinajstić information content (AvgIpc) is 2.95. The molecule has 0 spiro atoms. The van der Waals surface area contributed by atoms with Crippen LogP contribution in [0.25, 0.3) is 0 Å². The highest BCUT2D eigenvalue weighted by molar-refractivity contribution is 5.29. The maximum Gasteiger partial charge on any atom is 0.130 e. The Hall–Kier alpha value is -1.81. The lowest BCUT2D eigenvalue weighted by Crippen LogP contribution is -2.08. The van der Waals surface area contributed by atoms with Gasteiger partial charge in [-0.3, -0.25) is 4.68 Å². The van der Waals surface area contributed by atoms with Gasteiger partial charge in [-0.25, -0.2) is 0 Å². The number of rotatable bonds is 7. The van der Waals surface area contributed by atoms with E-state index in [0.717, 1.165) is 42.1 Å². The van der Waals surface area contributed by atoms with Crippen LogP contribution in [0.4, 0.5) is 0 Å². The van der Waals surface area contributed by atoms with E-state index in [1.807, 2.05) is 28.9 Å². The van der Waals surface area contributed by atoms with Gasteiger partial charge in [0.15, 0.2) is 0 Å². The summed E-state index contributed by atoms with van der Waals surface area (Å²) >= 11 is 0. The molecule has 0 fully saturated rings. The van der Waals surface area contributed by atoms with Gasteiger partial charge in [0.1, 0.15) is 12.4 Å². The number of ether oxygens (including phenoxy) is 1. The predicted octanol–water partition coefficient (Wildman–Crippen LogP) is 3.45. The maximum absolute atomic E-state index is 6.01. The van der Waals surface area contributed by atoms with Crippen LogP contribution in [0.1, 0.15) is 50.2 Å². The van der Waals surface area contributed by atoms with Crippen molar-refractivity contribution in [1.29, 1.82) is 0 Å². The third-order valence-electron chi connectivity index (χ3n) is 3.71. The fourth-order valence-electron chi connectivity index (χ4n) is 2.28. The first-order chi connectivity index (χ1) is 10.2. The van der Waals surface area contributed by atoms with Crippen molar-refractivity contribution in [3.05, 3.63) is 47.3 Å². The summed E-state index contributed by atoms with van der Waals surface area (Å²) in [6.07, 6.45) is 1.89. The number of aryl methyl sites for hydroxylation is 2. The van der Waals surface area contributed by atoms with Gasteiger partial charge in [0.25, 0.3) is 0 Å². The maximum atomic E-state index is 6.01. The Labute approximate surface area is 126 Å². The number of nitrogens with two attached hydrogens (primary N) is 1. The van der Waals surface area contributed by atoms with Gasteiger partial charge < -0.3 is 10.5 Å². The Kier molecular flexibility index (Phi) is 5.39. The number of nitrogens with zero attached hydrogens (tertiary/aromatic N) is 2. The van der Waals surface area contributed by atoms with Gasteiger partial charge in [-0.15, -0.1) is 0 Å². The van der Waals surface area contributed by atoms with E-state index in [9.17, 15) is 0 Å². The lowest BCUT2D eigenvalue weighted by molar-refractivity contribution is 0.292. The minimum Gasteiger partial charge on any atom is -0.487 e. The SMILES string of the molecule is CCc1cc(COc2ccc([C@@H](N)CC)cc2)n(CC)n1. The van der Waals surface area contributed by atoms with Crippen LogP contribution in [0.3, 0.4) is 0 Å². The molecule has 4 heteroatoms. The van der Waals surface area contributed by atoms with Crippen molar-refractivity contribution in [1.82, 2.24) is 9.78 Å². The molecule has 1 atom stereocenters. The van der Waals surface area contributed by atoms with Crippen molar-refractivity contribution in [2.75, 3.05) is 0 Å². The molecule has 2 rings (SSSR count). The molecule has 1 aromatic heterocycles. The van der Waals surface area contributed by atoms with E-state index in [2.05, 4.69) is 31.9 Å². The fourth-order valence-corrected chi connectivity index (χ4v) is 2.28. The Morgan fingerprint density at radius 1 is 1.19 bits per heavy atom. The second-order valence-electron chi connectivity index (χ2n) is 5.17. The van der Waals surface area contributed by atoms with Crippen LogP contribution in [0.15, 0.2) is 30.3 Å². The molecule has 0 unspecified atom stereocenters. The van der Waals surface area contributed by atoms with Crippen LogP contribution in [-0.2, 0) is 19.6 Å². The monoisotopic (exact) mass is 287 g/mol. The molecule has 0 bridgehead atoms. The largest absolute Gasteiger partial charge is 0.487 e. The molecule has 0 saturated carbocycles. The number of aromatic nitrogens is 2. The van der Waals surface area contributed by atoms with Crippen LogP contribution in [-0.4, -0.2) is 9.78 Å². The topological polar surface area (TPSA) is 53.1 Å². The van der Waals surface area contributed by atoms with Crippen LogP contribution >= 0.6 is 0 Å². The zero-order chi connectivity index (χ0) is 15.2. The second kappa shape index (κ2) is 7.27. The second-order valence-corrected chi connectivity index (χ2v) is 5.17. The molecule has 0 saturated heterocycles. The molecule has 1 aromatic carbocycles. The van der Waals surface area contributed by atoms with Crippen LogP contribution < -0.4 is 10.5 Å². The van der Waals surface area contributed by atoms with Gasteiger partial charge in [-0.1, -0.05) is 26.0 Å². The Morgan fingerprint density at radius 3 is 2.48 bits per heavy atom.